The first-order chi connectivity index (χ1) is 9.72. The van der Waals surface area contributed by atoms with Crippen LogP contribution in [0.5, 0.6) is 0 Å². The van der Waals surface area contributed by atoms with Gasteiger partial charge in [0, 0.05) is 17.5 Å². The molecular weight excluding hydrogens is 268 g/mol. The van der Waals surface area contributed by atoms with Crippen LogP contribution in [-0.2, 0) is 6.54 Å². The second-order valence-electron chi connectivity index (χ2n) is 4.89. The number of benzene rings is 1. The second-order valence-corrected chi connectivity index (χ2v) is 5.76. The fourth-order valence-corrected chi connectivity index (χ4v) is 3.37. The number of fused-ring (bicyclic) bond motifs is 1. The summed E-state index contributed by atoms with van der Waals surface area (Å²) in [6, 6.07) is 8.20. The fraction of sp³-hybridized carbons (Fsp3) is 0.250. The maximum absolute atomic E-state index is 12.4. The van der Waals surface area contributed by atoms with Crippen LogP contribution >= 0.6 is 11.3 Å². The number of thiophene rings is 1. The molecule has 0 bridgehead atoms. The number of hydrogen-bond donors (Lipinski definition) is 0. The highest BCUT2D eigenvalue weighted by molar-refractivity contribution is 7.17. The number of nitrogens with zero attached hydrogens (tertiary/aromatic N) is 2. The fourth-order valence-electron chi connectivity index (χ4n) is 2.41. The van der Waals surface area contributed by atoms with Crippen LogP contribution in [0, 0.1) is 6.92 Å². The van der Waals surface area contributed by atoms with E-state index in [1.165, 1.54) is 16.9 Å². The zero-order chi connectivity index (χ0) is 14.1. The molecule has 2 aromatic heterocycles. The van der Waals surface area contributed by atoms with Crippen molar-refractivity contribution < 1.29 is 0 Å². The molecule has 0 spiro atoms. The molecule has 1 aromatic carbocycles. The van der Waals surface area contributed by atoms with Gasteiger partial charge in [0.25, 0.3) is 5.56 Å². The molecular formula is C16H16N2OS. The van der Waals surface area contributed by atoms with Crippen molar-refractivity contribution in [3.05, 3.63) is 51.9 Å². The van der Waals surface area contributed by atoms with Crippen LogP contribution in [0.3, 0.4) is 0 Å². The van der Waals surface area contributed by atoms with Crippen LogP contribution in [0.4, 0.5) is 0 Å². The predicted octanol–water partition coefficient (Wildman–Crippen LogP) is 3.84. The molecule has 0 saturated heterocycles. The van der Waals surface area contributed by atoms with E-state index >= 15 is 0 Å². The lowest BCUT2D eigenvalue weighted by atomic mass is 10.0. The third-order valence-electron chi connectivity index (χ3n) is 3.45. The molecule has 3 rings (SSSR count). The summed E-state index contributed by atoms with van der Waals surface area (Å²) >= 11 is 1.49. The van der Waals surface area contributed by atoms with Gasteiger partial charge in [-0.15, -0.1) is 11.3 Å². The highest BCUT2D eigenvalue weighted by Crippen LogP contribution is 2.32. The van der Waals surface area contributed by atoms with E-state index < -0.39 is 0 Å². The monoisotopic (exact) mass is 284 g/mol. The zero-order valence-corrected chi connectivity index (χ0v) is 12.4. The van der Waals surface area contributed by atoms with Gasteiger partial charge in [-0.2, -0.15) is 0 Å². The Morgan fingerprint density at radius 2 is 2.05 bits per heavy atom. The lowest BCUT2D eigenvalue weighted by molar-refractivity contribution is 0.649. The van der Waals surface area contributed by atoms with Gasteiger partial charge in [0.05, 0.1) is 11.8 Å². The molecule has 0 amide bonds. The summed E-state index contributed by atoms with van der Waals surface area (Å²) in [7, 11) is 0. The highest BCUT2D eigenvalue weighted by Gasteiger charge is 2.13. The van der Waals surface area contributed by atoms with Crippen LogP contribution in [0.2, 0.25) is 0 Å². The van der Waals surface area contributed by atoms with Crippen molar-refractivity contribution in [2.45, 2.75) is 26.8 Å². The molecule has 0 atom stereocenters. The Balaban J connectivity index is 2.23. The Hall–Kier alpha value is -1.94. The summed E-state index contributed by atoms with van der Waals surface area (Å²) in [4.78, 5) is 16.9. The molecule has 102 valence electrons. The number of rotatable bonds is 3. The lowest BCUT2D eigenvalue weighted by Gasteiger charge is -2.05. The van der Waals surface area contributed by atoms with Crippen molar-refractivity contribution in [2.75, 3.05) is 0 Å². The minimum absolute atomic E-state index is 0.0710. The Bertz CT molecular complexity index is 817. The van der Waals surface area contributed by atoms with Gasteiger partial charge in [-0.25, -0.2) is 4.98 Å². The van der Waals surface area contributed by atoms with E-state index in [9.17, 15) is 4.79 Å². The number of aryl methyl sites for hydroxylation is 2. The topological polar surface area (TPSA) is 34.9 Å². The smallest absolute Gasteiger partial charge is 0.271 e. The van der Waals surface area contributed by atoms with Gasteiger partial charge in [0.15, 0.2) is 0 Å². The van der Waals surface area contributed by atoms with Gasteiger partial charge in [-0.3, -0.25) is 9.36 Å². The maximum Gasteiger partial charge on any atom is 0.271 e. The normalized spacial score (nSPS) is 11.1. The van der Waals surface area contributed by atoms with Gasteiger partial charge in [-0.05, 0) is 24.5 Å². The zero-order valence-electron chi connectivity index (χ0n) is 11.6. The molecule has 3 nitrogen and oxygen atoms in total. The van der Waals surface area contributed by atoms with Gasteiger partial charge < -0.3 is 0 Å². The summed E-state index contributed by atoms with van der Waals surface area (Å²) in [6.07, 6.45) is 2.60. The van der Waals surface area contributed by atoms with Crippen LogP contribution in [0.25, 0.3) is 21.3 Å². The van der Waals surface area contributed by atoms with Crippen LogP contribution in [0.15, 0.2) is 40.8 Å². The third-order valence-corrected chi connectivity index (χ3v) is 4.40. The van der Waals surface area contributed by atoms with E-state index in [4.69, 9.17) is 0 Å². The first-order valence-electron chi connectivity index (χ1n) is 6.75. The molecule has 0 saturated carbocycles. The van der Waals surface area contributed by atoms with Crippen molar-refractivity contribution in [1.29, 1.82) is 0 Å². The van der Waals surface area contributed by atoms with Crippen LogP contribution in [-0.4, -0.2) is 9.55 Å². The van der Waals surface area contributed by atoms with E-state index in [1.807, 2.05) is 17.5 Å². The molecule has 0 aliphatic heterocycles. The van der Waals surface area contributed by atoms with E-state index in [0.29, 0.717) is 0 Å². The molecule has 0 aliphatic carbocycles. The number of aromatic nitrogens is 2. The largest absolute Gasteiger partial charge is 0.298 e. The molecule has 4 heteroatoms. The Labute approximate surface area is 121 Å². The predicted molar refractivity (Wildman–Crippen MR) is 84.3 cm³/mol. The van der Waals surface area contributed by atoms with Crippen LogP contribution < -0.4 is 5.56 Å². The van der Waals surface area contributed by atoms with Crippen molar-refractivity contribution in [2.24, 2.45) is 0 Å². The van der Waals surface area contributed by atoms with Gasteiger partial charge in [0.2, 0.25) is 0 Å². The molecule has 0 fully saturated rings. The Kier molecular flexibility index (Phi) is 3.40. The van der Waals surface area contributed by atoms with Crippen LogP contribution in [0.1, 0.15) is 18.9 Å². The molecule has 20 heavy (non-hydrogen) atoms. The average molecular weight is 284 g/mol. The summed E-state index contributed by atoms with van der Waals surface area (Å²) in [5.74, 6) is 0. The first-order valence-corrected chi connectivity index (χ1v) is 7.63. The van der Waals surface area contributed by atoms with Crippen molar-refractivity contribution in [3.63, 3.8) is 0 Å². The minimum Gasteiger partial charge on any atom is -0.298 e. The van der Waals surface area contributed by atoms with Crippen molar-refractivity contribution in [1.82, 2.24) is 9.55 Å². The lowest BCUT2D eigenvalue weighted by Crippen LogP contribution is -2.19. The Morgan fingerprint density at radius 1 is 1.25 bits per heavy atom. The molecule has 0 unspecified atom stereocenters. The van der Waals surface area contributed by atoms with Crippen molar-refractivity contribution in [3.8, 4) is 11.1 Å². The molecule has 2 heterocycles. The summed E-state index contributed by atoms with van der Waals surface area (Å²) in [6.45, 7) is 4.86. The van der Waals surface area contributed by atoms with Gasteiger partial charge in [-0.1, -0.05) is 31.2 Å². The summed E-state index contributed by atoms with van der Waals surface area (Å²) in [5, 5.41) is 2.04. The Morgan fingerprint density at radius 3 is 2.80 bits per heavy atom. The van der Waals surface area contributed by atoms with E-state index in [1.54, 1.807) is 10.9 Å². The maximum atomic E-state index is 12.4. The molecule has 0 aliphatic rings. The highest BCUT2D eigenvalue weighted by atomic mass is 32.1. The van der Waals surface area contributed by atoms with E-state index in [-0.39, 0.29) is 5.56 Å². The van der Waals surface area contributed by atoms with Gasteiger partial charge >= 0.3 is 0 Å². The summed E-state index contributed by atoms with van der Waals surface area (Å²) in [5.41, 5.74) is 4.30. The second kappa shape index (κ2) is 5.21. The van der Waals surface area contributed by atoms with E-state index in [0.717, 1.165) is 34.3 Å². The van der Waals surface area contributed by atoms with Gasteiger partial charge in [0.1, 0.15) is 4.70 Å². The van der Waals surface area contributed by atoms with E-state index in [2.05, 4.69) is 31.0 Å². The summed E-state index contributed by atoms with van der Waals surface area (Å²) < 4.78 is 2.44. The van der Waals surface area contributed by atoms with Crippen molar-refractivity contribution >= 4 is 21.6 Å². The SMILES string of the molecule is CCCn1cnc2c(-c3ccccc3C)csc2c1=O. The average Bonchev–Trinajstić information content (AvgIpc) is 2.87. The standard InChI is InChI=1S/C16H16N2OS/c1-3-8-18-10-17-14-13(9-20-15(14)16(18)19)12-7-5-4-6-11(12)2/h4-7,9-10H,3,8H2,1-2H3. The molecule has 3 aromatic rings. The minimum atomic E-state index is 0.0710. The quantitative estimate of drug-likeness (QED) is 0.732. The first kappa shape index (κ1) is 13.1. The third kappa shape index (κ3) is 2.06. The molecule has 0 radical (unpaired) electrons. The number of hydrogen-bond acceptors (Lipinski definition) is 3. The molecule has 0 N–H and O–H groups in total.